The first-order valence-corrected chi connectivity index (χ1v) is 9.92. The number of imide groups is 1. The van der Waals surface area contributed by atoms with Crippen molar-refractivity contribution >= 4 is 46.2 Å². The Morgan fingerprint density at radius 2 is 1.18 bits per heavy atom. The Morgan fingerprint density at radius 3 is 1.68 bits per heavy atom. The van der Waals surface area contributed by atoms with Gasteiger partial charge in [-0.1, -0.05) is 6.07 Å². The van der Waals surface area contributed by atoms with Gasteiger partial charge in [0, 0.05) is 24.3 Å². The molecule has 0 bridgehead atoms. The van der Waals surface area contributed by atoms with Crippen LogP contribution in [0.2, 0.25) is 0 Å². The molecule has 3 aromatic rings. The van der Waals surface area contributed by atoms with Crippen molar-refractivity contribution in [3.05, 3.63) is 118 Å². The number of non-ortho nitro benzene ring substituents is 2. The number of carboxylic acids is 1. The van der Waals surface area contributed by atoms with Crippen LogP contribution in [0.3, 0.4) is 0 Å². The first kappa shape index (κ1) is 26.5. The summed E-state index contributed by atoms with van der Waals surface area (Å²) in [6, 6.07) is 7.89. The molecular weight excluding hydrogens is 514 g/mol. The smallest absolute Gasteiger partial charge is 0.336 e. The molecule has 3 aromatic carbocycles. The maximum Gasteiger partial charge on any atom is 0.336 e. The Kier molecular flexibility index (Phi) is 7.13. The number of amides is 2. The van der Waals surface area contributed by atoms with E-state index >= 15 is 0 Å². The van der Waals surface area contributed by atoms with E-state index in [2.05, 4.69) is 0 Å². The number of carbonyl (C=O) groups excluding carboxylic acids is 2. The van der Waals surface area contributed by atoms with E-state index in [1.54, 1.807) is 0 Å². The topological polar surface area (TPSA) is 247 Å². The van der Waals surface area contributed by atoms with Crippen LogP contribution in [0.25, 0.3) is 0 Å². The van der Waals surface area contributed by atoms with Crippen molar-refractivity contribution in [2.24, 2.45) is 0 Å². The Bertz CT molecular complexity index is 1520. The van der Waals surface area contributed by atoms with Crippen molar-refractivity contribution in [3.63, 3.8) is 0 Å². The van der Waals surface area contributed by atoms with Crippen molar-refractivity contribution in [2.75, 3.05) is 4.90 Å². The van der Waals surface area contributed by atoms with Gasteiger partial charge in [-0.2, -0.15) is 0 Å². The summed E-state index contributed by atoms with van der Waals surface area (Å²) in [5.41, 5.74) is -6.70. The van der Waals surface area contributed by atoms with Gasteiger partial charge in [0.05, 0.1) is 37.0 Å². The summed E-state index contributed by atoms with van der Waals surface area (Å²) in [6.45, 7) is 0. The minimum atomic E-state index is -1.78. The number of carbonyl (C=O) groups is 3. The molecule has 17 nitrogen and oxygen atoms in total. The second-order valence-electron chi connectivity index (χ2n) is 7.20. The highest BCUT2D eigenvalue weighted by molar-refractivity contribution is 6.29. The Hall–Kier alpha value is -6.13. The fourth-order valence-electron chi connectivity index (χ4n) is 3.34. The predicted molar refractivity (Wildman–Crippen MR) is 124 cm³/mol. The maximum atomic E-state index is 13.6. The summed E-state index contributed by atoms with van der Waals surface area (Å²) >= 11 is 0. The maximum absolute atomic E-state index is 13.6. The molecule has 0 spiro atoms. The third kappa shape index (κ3) is 4.96. The summed E-state index contributed by atoms with van der Waals surface area (Å²) in [7, 11) is 0. The molecule has 38 heavy (non-hydrogen) atoms. The van der Waals surface area contributed by atoms with E-state index in [4.69, 9.17) is 0 Å². The normalized spacial score (nSPS) is 10.3. The minimum Gasteiger partial charge on any atom is -0.478 e. The van der Waals surface area contributed by atoms with Crippen LogP contribution in [-0.4, -0.2) is 42.6 Å². The van der Waals surface area contributed by atoms with Crippen LogP contribution < -0.4 is 4.90 Å². The van der Waals surface area contributed by atoms with Gasteiger partial charge in [-0.25, -0.2) is 9.69 Å². The monoisotopic (exact) mass is 525 g/mol. The summed E-state index contributed by atoms with van der Waals surface area (Å²) in [4.78, 5) is 80.3. The second kappa shape index (κ2) is 10.2. The van der Waals surface area contributed by atoms with Crippen molar-refractivity contribution in [2.45, 2.75) is 0 Å². The molecule has 0 saturated heterocycles. The van der Waals surface area contributed by atoms with E-state index < -0.39 is 82.6 Å². The van der Waals surface area contributed by atoms with Gasteiger partial charge in [0.15, 0.2) is 0 Å². The van der Waals surface area contributed by atoms with Crippen LogP contribution in [0, 0.1) is 40.5 Å². The van der Waals surface area contributed by atoms with Crippen molar-refractivity contribution in [3.8, 4) is 0 Å². The number of nitro benzene ring substituents is 4. The van der Waals surface area contributed by atoms with Gasteiger partial charge in [0.1, 0.15) is 11.1 Å². The molecule has 17 heteroatoms. The lowest BCUT2D eigenvalue weighted by molar-refractivity contribution is -0.394. The molecule has 0 aromatic heterocycles. The standard InChI is InChI=1S/C21H11N5O12/c27-19(14-9-8-13(24(33)34)10-17(14)26(37)38)22(11-4-6-12(7-5-11)23(31)32)20(28)18-15(21(29)30)2-1-3-16(18)25(35)36/h1-10H,(H,29,30). The molecule has 0 aliphatic carbocycles. The lowest BCUT2D eigenvalue weighted by Crippen LogP contribution is -2.38. The fourth-order valence-corrected chi connectivity index (χ4v) is 3.34. The molecule has 1 N–H and O–H groups in total. The van der Waals surface area contributed by atoms with Crippen molar-refractivity contribution in [1.29, 1.82) is 0 Å². The van der Waals surface area contributed by atoms with Gasteiger partial charge in [-0.15, -0.1) is 0 Å². The summed E-state index contributed by atoms with van der Waals surface area (Å²) in [5, 5.41) is 54.8. The average Bonchev–Trinajstić information content (AvgIpc) is 2.87. The van der Waals surface area contributed by atoms with Crippen LogP contribution in [-0.2, 0) is 0 Å². The molecule has 192 valence electrons. The first-order valence-electron chi connectivity index (χ1n) is 9.92. The Morgan fingerprint density at radius 1 is 0.632 bits per heavy atom. The lowest BCUT2D eigenvalue weighted by atomic mass is 10.0. The average molecular weight is 525 g/mol. The molecular formula is C21H11N5O12. The number of anilines is 1. The molecule has 0 unspecified atom stereocenters. The minimum absolute atomic E-state index is 0.146. The SMILES string of the molecule is O=C(O)c1cccc([N+](=O)[O-])c1C(=O)N(C(=O)c1ccc([N+](=O)[O-])cc1[N+](=O)[O-])c1ccc([N+](=O)[O-])cc1. The van der Waals surface area contributed by atoms with Crippen LogP contribution in [0.1, 0.15) is 31.1 Å². The predicted octanol–water partition coefficient (Wildman–Crippen LogP) is 3.50. The molecule has 0 fully saturated rings. The number of benzene rings is 3. The van der Waals surface area contributed by atoms with E-state index in [-0.39, 0.29) is 4.90 Å². The fraction of sp³-hybridized carbons (Fsp3) is 0. The lowest BCUT2D eigenvalue weighted by Gasteiger charge is -2.21. The van der Waals surface area contributed by atoms with Crippen LogP contribution >= 0.6 is 0 Å². The first-order chi connectivity index (χ1) is 17.8. The largest absolute Gasteiger partial charge is 0.478 e. The van der Waals surface area contributed by atoms with Gasteiger partial charge in [0.2, 0.25) is 0 Å². The van der Waals surface area contributed by atoms with Crippen LogP contribution in [0.15, 0.2) is 60.7 Å². The van der Waals surface area contributed by atoms with Gasteiger partial charge in [-0.3, -0.25) is 50.0 Å². The number of nitrogens with zero attached hydrogens (tertiary/aromatic N) is 5. The quantitative estimate of drug-likeness (QED) is 0.252. The van der Waals surface area contributed by atoms with Gasteiger partial charge in [-0.05, 0) is 24.3 Å². The molecule has 0 aliphatic rings. The van der Waals surface area contributed by atoms with E-state index in [9.17, 15) is 59.9 Å². The van der Waals surface area contributed by atoms with Crippen molar-refractivity contribution < 1.29 is 39.2 Å². The van der Waals surface area contributed by atoms with E-state index in [1.165, 1.54) is 0 Å². The molecule has 2 amide bonds. The zero-order valence-electron chi connectivity index (χ0n) is 18.4. The van der Waals surface area contributed by atoms with E-state index in [0.717, 1.165) is 48.5 Å². The molecule has 0 radical (unpaired) electrons. The third-order valence-corrected chi connectivity index (χ3v) is 5.03. The second-order valence-corrected chi connectivity index (χ2v) is 7.20. The van der Waals surface area contributed by atoms with E-state index in [0.29, 0.717) is 12.1 Å². The Labute approximate surface area is 208 Å². The van der Waals surface area contributed by atoms with Crippen LogP contribution in [0.5, 0.6) is 0 Å². The number of rotatable bonds is 8. The molecule has 3 rings (SSSR count). The van der Waals surface area contributed by atoms with Gasteiger partial charge in [0.25, 0.3) is 34.6 Å². The molecule has 0 heterocycles. The summed E-state index contributed by atoms with van der Waals surface area (Å²) in [6.07, 6.45) is 0. The molecule has 0 saturated carbocycles. The highest BCUT2D eigenvalue weighted by atomic mass is 16.6. The van der Waals surface area contributed by atoms with Gasteiger partial charge >= 0.3 is 5.97 Å². The number of nitro groups is 4. The van der Waals surface area contributed by atoms with Gasteiger partial charge < -0.3 is 5.11 Å². The summed E-state index contributed by atoms with van der Waals surface area (Å²) in [5.74, 6) is -4.92. The zero-order valence-corrected chi connectivity index (χ0v) is 18.4. The highest BCUT2D eigenvalue weighted by Crippen LogP contribution is 2.32. The number of hydrogen-bond acceptors (Lipinski definition) is 11. The number of aromatic carboxylic acids is 1. The Balaban J connectivity index is 2.33. The van der Waals surface area contributed by atoms with Crippen LogP contribution in [0.4, 0.5) is 28.4 Å². The molecule has 0 atom stereocenters. The number of carboxylic acid groups (broad SMARTS) is 1. The van der Waals surface area contributed by atoms with Crippen molar-refractivity contribution in [1.82, 2.24) is 0 Å². The third-order valence-electron chi connectivity index (χ3n) is 5.03. The summed E-state index contributed by atoms with van der Waals surface area (Å²) < 4.78 is 0. The molecule has 0 aliphatic heterocycles. The zero-order chi connectivity index (χ0) is 28.3. The highest BCUT2D eigenvalue weighted by Gasteiger charge is 2.37. The van der Waals surface area contributed by atoms with E-state index in [1.807, 2.05) is 0 Å². The number of hydrogen-bond donors (Lipinski definition) is 1.